The van der Waals surface area contributed by atoms with Gasteiger partial charge in [0.25, 0.3) is 5.91 Å². The topological polar surface area (TPSA) is 99.6 Å². The molecule has 3 aliphatic heterocycles. The molecule has 3 saturated heterocycles. The summed E-state index contributed by atoms with van der Waals surface area (Å²) in [5, 5.41) is 10.4. The standard InChI is InChI=1S/C31H43N3O6/c1-7-16-32(17-8-2)28(36)25-24-14-15-31(40-24)26(25)29(37)34(23(19-35)20(4)5)27(31)30(38)33(18-9-3)21-10-12-22(39-6)13-11-21/h7,9-13,20,23-27,35H,1,3,8,14-19H2,2,4-6H3/t23-,24+,25-,26-,27?,31?/m0/s1. The molecule has 9 heteroatoms. The Kier molecular flexibility index (Phi) is 9.05. The lowest BCUT2D eigenvalue weighted by Crippen LogP contribution is -2.59. The Morgan fingerprint density at radius 1 is 1.20 bits per heavy atom. The summed E-state index contributed by atoms with van der Waals surface area (Å²) < 4.78 is 11.9. The molecule has 2 bridgehead atoms. The lowest BCUT2D eigenvalue weighted by Gasteiger charge is -2.40. The average molecular weight is 554 g/mol. The summed E-state index contributed by atoms with van der Waals surface area (Å²) in [4.78, 5) is 47.8. The monoisotopic (exact) mass is 553 g/mol. The predicted molar refractivity (Wildman–Crippen MR) is 153 cm³/mol. The molecule has 1 aromatic carbocycles. The van der Waals surface area contributed by atoms with Gasteiger partial charge in [0.05, 0.1) is 37.7 Å². The van der Waals surface area contributed by atoms with Crippen molar-refractivity contribution in [2.45, 2.75) is 63.8 Å². The summed E-state index contributed by atoms with van der Waals surface area (Å²) in [5.41, 5.74) is -0.525. The van der Waals surface area contributed by atoms with E-state index in [1.54, 1.807) is 53.3 Å². The number of benzene rings is 1. The fourth-order valence-corrected chi connectivity index (χ4v) is 6.92. The van der Waals surface area contributed by atoms with Crippen molar-refractivity contribution in [1.82, 2.24) is 9.80 Å². The lowest BCUT2D eigenvalue weighted by molar-refractivity contribution is -0.148. The predicted octanol–water partition coefficient (Wildman–Crippen LogP) is 3.03. The van der Waals surface area contributed by atoms with Gasteiger partial charge in [0.2, 0.25) is 11.8 Å². The number of nitrogens with zero attached hydrogens (tertiary/aromatic N) is 3. The van der Waals surface area contributed by atoms with Crippen molar-refractivity contribution in [3.8, 4) is 5.75 Å². The SMILES string of the molecule is C=CCN(CCC)C(=O)[C@@H]1[C@H]2C(=O)N([C@@H](CO)C(C)C)C(C(=O)N(CC=C)c3ccc(OC)cc3)C23CC[C@H]1O3. The fraction of sp³-hybridized carbons (Fsp3) is 0.581. The highest BCUT2D eigenvalue weighted by Gasteiger charge is 2.75. The van der Waals surface area contributed by atoms with Crippen molar-refractivity contribution in [1.29, 1.82) is 0 Å². The Labute approximate surface area is 237 Å². The van der Waals surface area contributed by atoms with Crippen LogP contribution in [0.5, 0.6) is 5.75 Å². The van der Waals surface area contributed by atoms with Gasteiger partial charge in [-0.15, -0.1) is 13.2 Å². The summed E-state index contributed by atoms with van der Waals surface area (Å²) >= 11 is 0. The molecule has 6 atom stereocenters. The van der Waals surface area contributed by atoms with Crippen LogP contribution in [0.3, 0.4) is 0 Å². The average Bonchev–Trinajstić information content (AvgIpc) is 3.59. The number of methoxy groups -OCH3 is 1. The van der Waals surface area contributed by atoms with E-state index in [2.05, 4.69) is 13.2 Å². The molecule has 1 spiro atoms. The van der Waals surface area contributed by atoms with E-state index in [-0.39, 0.29) is 36.8 Å². The zero-order valence-electron chi connectivity index (χ0n) is 24.1. The summed E-state index contributed by atoms with van der Waals surface area (Å²) in [6.07, 6.45) is 4.73. The molecular formula is C31H43N3O6. The molecule has 0 aromatic heterocycles. The molecule has 40 heavy (non-hydrogen) atoms. The zero-order chi connectivity index (χ0) is 29.2. The number of carbonyl (C=O) groups excluding carboxylic acids is 3. The Morgan fingerprint density at radius 2 is 1.88 bits per heavy atom. The van der Waals surface area contributed by atoms with E-state index in [9.17, 15) is 19.5 Å². The maximum absolute atomic E-state index is 14.6. The molecular weight excluding hydrogens is 510 g/mol. The van der Waals surface area contributed by atoms with Gasteiger partial charge in [0.15, 0.2) is 0 Å². The van der Waals surface area contributed by atoms with Gasteiger partial charge in [-0.1, -0.05) is 32.9 Å². The summed E-state index contributed by atoms with van der Waals surface area (Å²) in [7, 11) is 1.58. The first-order chi connectivity index (χ1) is 19.2. The molecule has 3 fully saturated rings. The minimum absolute atomic E-state index is 0.128. The Bertz CT molecular complexity index is 1120. The summed E-state index contributed by atoms with van der Waals surface area (Å²) in [6.45, 7) is 14.3. The number of aliphatic hydroxyl groups is 1. The minimum atomic E-state index is -1.15. The molecule has 1 aromatic rings. The van der Waals surface area contributed by atoms with Crippen LogP contribution in [0.1, 0.15) is 40.0 Å². The number of rotatable bonds is 13. The van der Waals surface area contributed by atoms with Gasteiger partial charge < -0.3 is 29.3 Å². The highest BCUT2D eigenvalue weighted by atomic mass is 16.5. The maximum Gasteiger partial charge on any atom is 0.253 e. The molecule has 3 amide bonds. The number of hydrogen-bond acceptors (Lipinski definition) is 6. The Morgan fingerprint density at radius 3 is 2.42 bits per heavy atom. The van der Waals surface area contributed by atoms with E-state index < -0.39 is 35.6 Å². The molecule has 0 aliphatic carbocycles. The lowest BCUT2D eigenvalue weighted by atomic mass is 9.70. The van der Waals surface area contributed by atoms with Crippen LogP contribution in [0.2, 0.25) is 0 Å². The molecule has 2 unspecified atom stereocenters. The van der Waals surface area contributed by atoms with Gasteiger partial charge in [-0.05, 0) is 49.4 Å². The highest BCUT2D eigenvalue weighted by molar-refractivity contribution is 6.05. The van der Waals surface area contributed by atoms with Crippen molar-refractivity contribution < 1.29 is 29.0 Å². The number of amides is 3. The van der Waals surface area contributed by atoms with Crippen molar-refractivity contribution in [2.24, 2.45) is 17.8 Å². The normalized spacial score (nSPS) is 27.4. The first-order valence-corrected chi connectivity index (χ1v) is 14.3. The van der Waals surface area contributed by atoms with Gasteiger partial charge in [-0.2, -0.15) is 0 Å². The number of carbonyl (C=O) groups is 3. The zero-order valence-corrected chi connectivity index (χ0v) is 24.1. The number of anilines is 1. The Balaban J connectivity index is 1.81. The van der Waals surface area contributed by atoms with Crippen molar-refractivity contribution >= 4 is 23.4 Å². The number of likely N-dealkylation sites (tertiary alicyclic amines) is 1. The third-order valence-corrected chi connectivity index (χ3v) is 8.69. The summed E-state index contributed by atoms with van der Waals surface area (Å²) in [6, 6.07) is 5.53. The van der Waals surface area contributed by atoms with Crippen LogP contribution in [0.4, 0.5) is 5.69 Å². The van der Waals surface area contributed by atoms with E-state index in [0.717, 1.165) is 6.42 Å². The van der Waals surface area contributed by atoms with Crippen LogP contribution >= 0.6 is 0 Å². The smallest absolute Gasteiger partial charge is 0.253 e. The molecule has 9 nitrogen and oxygen atoms in total. The number of aliphatic hydroxyl groups excluding tert-OH is 1. The molecule has 0 saturated carbocycles. The van der Waals surface area contributed by atoms with Crippen molar-refractivity contribution in [3.05, 3.63) is 49.6 Å². The van der Waals surface area contributed by atoms with E-state index in [4.69, 9.17) is 9.47 Å². The van der Waals surface area contributed by atoms with Crippen LogP contribution in [-0.2, 0) is 19.1 Å². The second-order valence-electron chi connectivity index (χ2n) is 11.3. The third kappa shape index (κ3) is 4.83. The van der Waals surface area contributed by atoms with Gasteiger partial charge in [-0.25, -0.2) is 0 Å². The molecule has 3 aliphatic rings. The second-order valence-corrected chi connectivity index (χ2v) is 11.3. The Hall–Kier alpha value is -3.17. The van der Waals surface area contributed by atoms with Gasteiger partial charge in [-0.3, -0.25) is 14.4 Å². The van der Waals surface area contributed by atoms with Crippen LogP contribution in [-0.4, -0.2) is 89.8 Å². The highest BCUT2D eigenvalue weighted by Crippen LogP contribution is 2.59. The molecule has 3 heterocycles. The van der Waals surface area contributed by atoms with Crippen molar-refractivity contribution in [2.75, 3.05) is 38.3 Å². The van der Waals surface area contributed by atoms with Gasteiger partial charge in [0.1, 0.15) is 17.4 Å². The fourth-order valence-electron chi connectivity index (χ4n) is 6.92. The van der Waals surface area contributed by atoms with Crippen molar-refractivity contribution in [3.63, 3.8) is 0 Å². The third-order valence-electron chi connectivity index (χ3n) is 8.69. The van der Waals surface area contributed by atoms with Crippen LogP contribution in [0.25, 0.3) is 0 Å². The molecule has 4 rings (SSSR count). The summed E-state index contributed by atoms with van der Waals surface area (Å²) in [5.74, 6) is -1.71. The number of ether oxygens (including phenoxy) is 2. The maximum atomic E-state index is 14.6. The largest absolute Gasteiger partial charge is 0.497 e. The van der Waals surface area contributed by atoms with Gasteiger partial charge >= 0.3 is 0 Å². The van der Waals surface area contributed by atoms with Crippen LogP contribution < -0.4 is 9.64 Å². The first kappa shape index (κ1) is 29.8. The quantitative estimate of drug-likeness (QED) is 0.377. The van der Waals surface area contributed by atoms with E-state index in [0.29, 0.717) is 37.4 Å². The molecule has 218 valence electrons. The second kappa shape index (κ2) is 12.1. The van der Waals surface area contributed by atoms with E-state index in [1.165, 1.54) is 4.90 Å². The van der Waals surface area contributed by atoms with Gasteiger partial charge in [0, 0.05) is 25.3 Å². The van der Waals surface area contributed by atoms with Crippen LogP contribution in [0, 0.1) is 17.8 Å². The van der Waals surface area contributed by atoms with Crippen LogP contribution in [0.15, 0.2) is 49.6 Å². The van der Waals surface area contributed by atoms with E-state index >= 15 is 0 Å². The molecule has 1 N–H and O–H groups in total. The first-order valence-electron chi connectivity index (χ1n) is 14.3. The number of hydrogen-bond donors (Lipinski definition) is 1. The number of fused-ring (bicyclic) bond motifs is 1. The van der Waals surface area contributed by atoms with E-state index in [1.807, 2.05) is 20.8 Å². The minimum Gasteiger partial charge on any atom is -0.497 e. The molecule has 0 radical (unpaired) electrons.